The Morgan fingerprint density at radius 1 is 1.08 bits per heavy atom. The number of hydrogen-bond acceptors (Lipinski definition) is 7. The summed E-state index contributed by atoms with van der Waals surface area (Å²) in [4.78, 5) is 16.4. The standard InChI is InChI=1S/C14H26N2O7Si/c1-4-20-24(21-5-2,22-6-3)11-7-10-15-14(19)23-16-12(17)8-9-13(16)18/h8-9,17-18H,4-7,10-11H2,1-3H3,(H,15,19). The molecule has 1 rings (SSSR count). The van der Waals surface area contributed by atoms with Gasteiger partial charge in [0.05, 0.1) is 0 Å². The summed E-state index contributed by atoms with van der Waals surface area (Å²) in [5.41, 5.74) is 0. The minimum atomic E-state index is -2.73. The van der Waals surface area contributed by atoms with Crippen molar-refractivity contribution in [2.75, 3.05) is 26.4 Å². The van der Waals surface area contributed by atoms with Crippen LogP contribution in [0.2, 0.25) is 6.04 Å². The molecule has 9 nitrogen and oxygen atoms in total. The van der Waals surface area contributed by atoms with E-state index in [0.717, 1.165) is 0 Å². The second kappa shape index (κ2) is 10.2. The Hall–Kier alpha value is -1.75. The molecule has 0 atom stereocenters. The summed E-state index contributed by atoms with van der Waals surface area (Å²) >= 11 is 0. The van der Waals surface area contributed by atoms with Crippen LogP contribution in [-0.4, -0.2) is 56.2 Å². The molecule has 0 spiro atoms. The maximum atomic E-state index is 11.7. The molecule has 0 aliphatic carbocycles. The Balaban J connectivity index is 2.43. The smallest absolute Gasteiger partial charge is 0.492 e. The van der Waals surface area contributed by atoms with Crippen molar-refractivity contribution in [1.82, 2.24) is 10.0 Å². The number of rotatable bonds is 11. The molecule has 0 radical (unpaired) electrons. The molecule has 0 saturated heterocycles. The first kappa shape index (κ1) is 20.3. The molecule has 1 aromatic rings. The highest BCUT2D eigenvalue weighted by molar-refractivity contribution is 6.60. The fraction of sp³-hybridized carbons (Fsp3) is 0.643. The number of nitrogens with one attached hydrogen (secondary N) is 1. The quantitative estimate of drug-likeness (QED) is 0.404. The average molecular weight is 362 g/mol. The van der Waals surface area contributed by atoms with Crippen molar-refractivity contribution in [3.05, 3.63) is 12.1 Å². The van der Waals surface area contributed by atoms with Gasteiger partial charge >= 0.3 is 14.9 Å². The third-order valence-corrected chi connectivity index (χ3v) is 6.15. The van der Waals surface area contributed by atoms with Gasteiger partial charge in [-0.05, 0) is 27.2 Å². The number of hydrogen-bond donors (Lipinski definition) is 3. The first-order valence-electron chi connectivity index (χ1n) is 7.95. The molecule has 3 N–H and O–H groups in total. The summed E-state index contributed by atoms with van der Waals surface area (Å²) in [6.07, 6.45) is -0.224. The minimum Gasteiger partial charge on any atom is -0.492 e. The lowest BCUT2D eigenvalue weighted by molar-refractivity contribution is 0.0705. The zero-order chi connectivity index (χ0) is 18.0. The molecule has 0 aliphatic rings. The van der Waals surface area contributed by atoms with Gasteiger partial charge in [-0.25, -0.2) is 4.79 Å². The van der Waals surface area contributed by atoms with Crippen LogP contribution in [0.15, 0.2) is 12.1 Å². The molecule has 138 valence electrons. The number of aromatic hydroxyl groups is 2. The number of nitrogens with zero attached hydrogens (tertiary/aromatic N) is 1. The van der Waals surface area contributed by atoms with Gasteiger partial charge in [-0.3, -0.25) is 0 Å². The molecular formula is C14H26N2O7Si. The van der Waals surface area contributed by atoms with E-state index in [1.54, 1.807) is 0 Å². The van der Waals surface area contributed by atoms with Crippen LogP contribution in [0.25, 0.3) is 0 Å². The summed E-state index contributed by atoms with van der Waals surface area (Å²) in [7, 11) is -2.73. The van der Waals surface area contributed by atoms with Gasteiger partial charge in [0.25, 0.3) is 0 Å². The molecule has 0 aromatic carbocycles. The van der Waals surface area contributed by atoms with Crippen molar-refractivity contribution in [1.29, 1.82) is 0 Å². The molecule has 1 amide bonds. The van der Waals surface area contributed by atoms with Crippen LogP contribution in [0, 0.1) is 0 Å². The van der Waals surface area contributed by atoms with Gasteiger partial charge in [-0.1, -0.05) is 0 Å². The molecule has 0 saturated carbocycles. The van der Waals surface area contributed by atoms with E-state index in [0.29, 0.717) is 43.6 Å². The van der Waals surface area contributed by atoms with Gasteiger partial charge < -0.3 is 33.6 Å². The highest BCUT2D eigenvalue weighted by Gasteiger charge is 2.39. The monoisotopic (exact) mass is 362 g/mol. The lowest BCUT2D eigenvalue weighted by Gasteiger charge is -2.28. The summed E-state index contributed by atoms with van der Waals surface area (Å²) in [6.45, 7) is 7.43. The van der Waals surface area contributed by atoms with Crippen molar-refractivity contribution in [2.24, 2.45) is 0 Å². The molecule has 0 unspecified atom stereocenters. The molecule has 10 heteroatoms. The summed E-state index contributed by atoms with van der Waals surface area (Å²) in [6, 6.07) is 2.96. The molecule has 24 heavy (non-hydrogen) atoms. The molecule has 0 bridgehead atoms. The summed E-state index contributed by atoms with van der Waals surface area (Å²) < 4.78 is 17.8. The first-order valence-corrected chi connectivity index (χ1v) is 9.88. The normalized spacial score (nSPS) is 11.5. The highest BCUT2D eigenvalue weighted by atomic mass is 28.4. The number of carbonyl (C=O) groups is 1. The number of aromatic nitrogens is 1. The molecule has 0 fully saturated rings. The first-order chi connectivity index (χ1) is 11.5. The van der Waals surface area contributed by atoms with E-state index in [2.05, 4.69) is 5.32 Å². The van der Waals surface area contributed by atoms with E-state index >= 15 is 0 Å². The zero-order valence-electron chi connectivity index (χ0n) is 14.3. The topological polar surface area (TPSA) is 111 Å². The Kier molecular flexibility index (Phi) is 8.61. The van der Waals surface area contributed by atoms with Crippen LogP contribution in [0.1, 0.15) is 27.2 Å². The van der Waals surface area contributed by atoms with Crippen molar-refractivity contribution in [3.8, 4) is 11.8 Å². The Morgan fingerprint density at radius 2 is 1.58 bits per heavy atom. The molecular weight excluding hydrogens is 336 g/mol. The fourth-order valence-corrected chi connectivity index (χ4v) is 4.72. The van der Waals surface area contributed by atoms with Gasteiger partial charge in [0, 0.05) is 44.5 Å². The Labute approximate surface area is 142 Å². The zero-order valence-corrected chi connectivity index (χ0v) is 15.3. The van der Waals surface area contributed by atoms with Gasteiger partial charge in [0.15, 0.2) is 0 Å². The van der Waals surface area contributed by atoms with E-state index in [1.165, 1.54) is 12.1 Å². The van der Waals surface area contributed by atoms with E-state index in [-0.39, 0.29) is 11.8 Å². The van der Waals surface area contributed by atoms with E-state index in [9.17, 15) is 15.0 Å². The maximum Gasteiger partial charge on any atom is 0.500 e. The summed E-state index contributed by atoms with van der Waals surface area (Å²) in [5.74, 6) is -0.753. The minimum absolute atomic E-state index is 0.309. The van der Waals surface area contributed by atoms with Crippen molar-refractivity contribution in [2.45, 2.75) is 33.2 Å². The van der Waals surface area contributed by atoms with Crippen LogP contribution in [-0.2, 0) is 13.3 Å². The lowest BCUT2D eigenvalue weighted by atomic mass is 10.5. The number of amides is 1. The van der Waals surface area contributed by atoms with Crippen LogP contribution in [0.3, 0.4) is 0 Å². The average Bonchev–Trinajstić information content (AvgIpc) is 2.84. The Bertz CT molecular complexity index is 473. The SMILES string of the molecule is CCO[Si](CCCNC(=O)On1c(O)ccc1O)(OCC)OCC. The van der Waals surface area contributed by atoms with Gasteiger partial charge in [-0.15, -0.1) is 4.73 Å². The maximum absolute atomic E-state index is 11.7. The van der Waals surface area contributed by atoms with Crippen molar-refractivity contribution in [3.63, 3.8) is 0 Å². The van der Waals surface area contributed by atoms with E-state index in [4.69, 9.17) is 18.1 Å². The predicted octanol–water partition coefficient (Wildman–Crippen LogP) is 1.48. The Morgan fingerprint density at radius 3 is 2.04 bits per heavy atom. The highest BCUT2D eigenvalue weighted by Crippen LogP contribution is 2.19. The van der Waals surface area contributed by atoms with Crippen molar-refractivity contribution >= 4 is 14.9 Å². The van der Waals surface area contributed by atoms with E-state index in [1.807, 2.05) is 20.8 Å². The van der Waals surface area contributed by atoms with Crippen LogP contribution in [0.5, 0.6) is 11.8 Å². The third kappa shape index (κ3) is 6.04. The predicted molar refractivity (Wildman–Crippen MR) is 87.8 cm³/mol. The van der Waals surface area contributed by atoms with Gasteiger partial charge in [0.1, 0.15) is 0 Å². The third-order valence-electron chi connectivity index (χ3n) is 2.99. The molecule has 0 aliphatic heterocycles. The second-order valence-corrected chi connectivity index (χ2v) is 7.47. The van der Waals surface area contributed by atoms with Gasteiger partial charge in [0.2, 0.25) is 11.8 Å². The molecule has 1 heterocycles. The molecule has 1 aromatic heterocycles. The van der Waals surface area contributed by atoms with Crippen LogP contribution >= 0.6 is 0 Å². The van der Waals surface area contributed by atoms with Crippen LogP contribution in [0.4, 0.5) is 4.79 Å². The fourth-order valence-electron chi connectivity index (χ4n) is 2.11. The second-order valence-electron chi connectivity index (χ2n) is 4.74. The van der Waals surface area contributed by atoms with Gasteiger partial charge in [-0.2, -0.15) is 0 Å². The largest absolute Gasteiger partial charge is 0.500 e. The van der Waals surface area contributed by atoms with Crippen molar-refractivity contribution < 1.29 is 33.1 Å². The number of carbonyl (C=O) groups excluding carboxylic acids is 1. The van der Waals surface area contributed by atoms with Crippen LogP contribution < -0.4 is 10.2 Å². The van der Waals surface area contributed by atoms with E-state index < -0.39 is 14.9 Å². The summed E-state index contributed by atoms with van der Waals surface area (Å²) in [5, 5.41) is 21.3. The lowest BCUT2D eigenvalue weighted by Crippen LogP contribution is -2.46.